The fraction of sp³-hybridized carbons (Fsp3) is 0.476. The molecule has 2 rings (SSSR count). The standard InChI is InChI=1S/C21H27F2N3O4/c1-14(18(27)29-3)11-15-5-4-6-16(12-15)20(2,19(24)28)8-9-21(22,23)13-30-17-7-10-25-26-17/h4-7,10,12,14H,8-9,11,13H2,1-3H3,(H2,24,28)(H,25,26)/t14-,20?/m1/s1. The third-order valence-corrected chi connectivity index (χ3v) is 5.16. The predicted octanol–water partition coefficient (Wildman–Crippen LogP) is 3.00. The SMILES string of the molecule is COC(=O)[C@H](C)Cc1cccc(C(C)(CCC(F)(F)COc2ccn[nH]2)C(N)=O)c1. The maximum atomic E-state index is 14.3. The van der Waals surface area contributed by atoms with Gasteiger partial charge in [-0.3, -0.25) is 9.59 Å². The summed E-state index contributed by atoms with van der Waals surface area (Å²) in [6, 6.07) is 8.36. The van der Waals surface area contributed by atoms with Crippen LogP contribution in [0.25, 0.3) is 0 Å². The first-order valence-electron chi connectivity index (χ1n) is 9.54. The predicted molar refractivity (Wildman–Crippen MR) is 106 cm³/mol. The van der Waals surface area contributed by atoms with Crippen molar-refractivity contribution in [3.63, 3.8) is 0 Å². The lowest BCUT2D eigenvalue weighted by atomic mass is 9.76. The molecule has 0 aliphatic heterocycles. The molecule has 0 aliphatic rings. The Kier molecular flexibility index (Phi) is 7.53. The van der Waals surface area contributed by atoms with Crippen molar-refractivity contribution in [3.8, 4) is 5.88 Å². The first-order valence-corrected chi connectivity index (χ1v) is 9.54. The number of hydrogen-bond acceptors (Lipinski definition) is 5. The number of nitrogens with two attached hydrogens (primary N) is 1. The zero-order chi connectivity index (χ0) is 22.4. The number of amides is 1. The summed E-state index contributed by atoms with van der Waals surface area (Å²) < 4.78 is 38.4. The zero-order valence-electron chi connectivity index (χ0n) is 17.3. The van der Waals surface area contributed by atoms with Crippen LogP contribution in [-0.4, -0.2) is 41.7 Å². The molecule has 1 amide bonds. The van der Waals surface area contributed by atoms with Gasteiger partial charge in [-0.05, 0) is 30.9 Å². The van der Waals surface area contributed by atoms with Crippen LogP contribution in [0.4, 0.5) is 8.78 Å². The Labute approximate surface area is 173 Å². The van der Waals surface area contributed by atoms with Gasteiger partial charge in [0.25, 0.3) is 5.92 Å². The van der Waals surface area contributed by atoms with Gasteiger partial charge >= 0.3 is 5.97 Å². The summed E-state index contributed by atoms with van der Waals surface area (Å²) in [7, 11) is 1.32. The number of rotatable bonds is 11. The van der Waals surface area contributed by atoms with E-state index in [2.05, 4.69) is 10.2 Å². The van der Waals surface area contributed by atoms with Gasteiger partial charge in [-0.2, -0.15) is 5.10 Å². The Balaban J connectivity index is 2.11. The molecule has 0 spiro atoms. The van der Waals surface area contributed by atoms with Crippen LogP contribution in [0.3, 0.4) is 0 Å². The third-order valence-electron chi connectivity index (χ3n) is 5.16. The number of methoxy groups -OCH3 is 1. The van der Waals surface area contributed by atoms with Gasteiger partial charge in [0.2, 0.25) is 11.8 Å². The Hall–Kier alpha value is -2.97. The van der Waals surface area contributed by atoms with Gasteiger partial charge < -0.3 is 15.2 Å². The van der Waals surface area contributed by atoms with Crippen molar-refractivity contribution in [2.45, 2.75) is 44.4 Å². The van der Waals surface area contributed by atoms with Gasteiger partial charge in [-0.25, -0.2) is 13.9 Å². The van der Waals surface area contributed by atoms with Gasteiger partial charge in [0, 0.05) is 12.5 Å². The zero-order valence-corrected chi connectivity index (χ0v) is 17.3. The van der Waals surface area contributed by atoms with Crippen LogP contribution in [0.1, 0.15) is 37.8 Å². The van der Waals surface area contributed by atoms with E-state index in [9.17, 15) is 18.4 Å². The van der Waals surface area contributed by atoms with Crippen molar-refractivity contribution in [1.29, 1.82) is 0 Å². The van der Waals surface area contributed by atoms with Crippen molar-refractivity contribution in [3.05, 3.63) is 47.7 Å². The summed E-state index contributed by atoms with van der Waals surface area (Å²) in [6.45, 7) is 2.43. The number of primary amides is 1. The van der Waals surface area contributed by atoms with Crippen molar-refractivity contribution in [2.75, 3.05) is 13.7 Å². The van der Waals surface area contributed by atoms with E-state index in [0.717, 1.165) is 5.56 Å². The highest BCUT2D eigenvalue weighted by molar-refractivity contribution is 5.86. The number of carbonyl (C=O) groups is 2. The van der Waals surface area contributed by atoms with E-state index >= 15 is 0 Å². The van der Waals surface area contributed by atoms with E-state index in [1.54, 1.807) is 38.1 Å². The molecule has 164 valence electrons. The third kappa shape index (κ3) is 6.01. The molecule has 1 aromatic carbocycles. The lowest BCUT2D eigenvalue weighted by molar-refractivity contribution is -0.144. The van der Waals surface area contributed by atoms with Crippen LogP contribution in [-0.2, 0) is 26.2 Å². The van der Waals surface area contributed by atoms with E-state index in [0.29, 0.717) is 12.0 Å². The van der Waals surface area contributed by atoms with Crippen LogP contribution in [0, 0.1) is 5.92 Å². The molecule has 0 fully saturated rings. The molecular weight excluding hydrogens is 396 g/mol. The summed E-state index contributed by atoms with van der Waals surface area (Å²) >= 11 is 0. The molecular formula is C21H27F2N3O4. The Bertz CT molecular complexity index is 858. The molecule has 0 saturated carbocycles. The van der Waals surface area contributed by atoms with Crippen LogP contribution >= 0.6 is 0 Å². The molecule has 2 aromatic rings. The highest BCUT2D eigenvalue weighted by atomic mass is 19.3. The average molecular weight is 423 g/mol. The number of ether oxygens (including phenoxy) is 2. The van der Waals surface area contributed by atoms with E-state index in [1.165, 1.54) is 19.4 Å². The fourth-order valence-corrected chi connectivity index (χ4v) is 3.10. The van der Waals surface area contributed by atoms with Gasteiger partial charge in [-0.1, -0.05) is 31.2 Å². The molecule has 0 saturated heterocycles. The highest BCUT2D eigenvalue weighted by Gasteiger charge is 2.39. The Morgan fingerprint density at radius 2 is 2.00 bits per heavy atom. The number of hydrogen-bond donors (Lipinski definition) is 2. The van der Waals surface area contributed by atoms with E-state index in [-0.39, 0.29) is 24.2 Å². The molecule has 7 nitrogen and oxygen atoms in total. The fourth-order valence-electron chi connectivity index (χ4n) is 3.10. The van der Waals surface area contributed by atoms with Crippen molar-refractivity contribution >= 4 is 11.9 Å². The molecule has 0 aliphatic carbocycles. The molecule has 2 atom stereocenters. The van der Waals surface area contributed by atoms with Gasteiger partial charge in [0.1, 0.15) is 0 Å². The molecule has 0 radical (unpaired) electrons. The lowest BCUT2D eigenvalue weighted by Gasteiger charge is -2.29. The summed E-state index contributed by atoms with van der Waals surface area (Å²) in [5, 5.41) is 6.08. The second-order valence-electron chi connectivity index (χ2n) is 7.59. The van der Waals surface area contributed by atoms with Crippen LogP contribution in [0.2, 0.25) is 0 Å². The van der Waals surface area contributed by atoms with Gasteiger partial charge in [-0.15, -0.1) is 0 Å². The summed E-state index contributed by atoms with van der Waals surface area (Å²) in [5.41, 5.74) is 5.61. The smallest absolute Gasteiger partial charge is 0.308 e. The maximum Gasteiger partial charge on any atom is 0.308 e. The number of esters is 1. The number of halogens is 2. The number of benzene rings is 1. The quantitative estimate of drug-likeness (QED) is 0.540. The Morgan fingerprint density at radius 1 is 1.27 bits per heavy atom. The van der Waals surface area contributed by atoms with E-state index < -0.39 is 30.3 Å². The van der Waals surface area contributed by atoms with E-state index in [4.69, 9.17) is 15.2 Å². The first kappa shape index (κ1) is 23.3. The van der Waals surface area contributed by atoms with Crippen LogP contribution in [0.15, 0.2) is 36.5 Å². The van der Waals surface area contributed by atoms with Gasteiger partial charge in [0.05, 0.1) is 24.6 Å². The second-order valence-corrected chi connectivity index (χ2v) is 7.59. The first-order chi connectivity index (χ1) is 14.1. The summed E-state index contributed by atoms with van der Waals surface area (Å²) in [6.07, 6.45) is 1.02. The lowest BCUT2D eigenvalue weighted by Crippen LogP contribution is -2.40. The molecule has 0 bridgehead atoms. The minimum atomic E-state index is -3.17. The number of H-pyrrole nitrogens is 1. The number of carbonyl (C=O) groups excluding carboxylic acids is 2. The average Bonchev–Trinajstić information content (AvgIpc) is 3.24. The monoisotopic (exact) mass is 423 g/mol. The molecule has 3 N–H and O–H groups in total. The van der Waals surface area contributed by atoms with E-state index in [1.807, 2.05) is 0 Å². The number of nitrogens with one attached hydrogen (secondary N) is 1. The number of nitrogens with zero attached hydrogens (tertiary/aromatic N) is 1. The largest absolute Gasteiger partial charge is 0.472 e. The van der Waals surface area contributed by atoms with Crippen molar-refractivity contribution < 1.29 is 27.8 Å². The number of aromatic amines is 1. The maximum absolute atomic E-state index is 14.3. The normalized spacial score (nSPS) is 14.6. The summed E-state index contributed by atoms with van der Waals surface area (Å²) in [4.78, 5) is 23.9. The van der Waals surface area contributed by atoms with Crippen LogP contribution < -0.4 is 10.5 Å². The number of alkyl halides is 2. The topological polar surface area (TPSA) is 107 Å². The molecule has 30 heavy (non-hydrogen) atoms. The number of aromatic nitrogens is 2. The molecule has 1 aromatic heterocycles. The van der Waals surface area contributed by atoms with Crippen molar-refractivity contribution in [1.82, 2.24) is 10.2 Å². The Morgan fingerprint density at radius 3 is 2.60 bits per heavy atom. The minimum Gasteiger partial charge on any atom is -0.472 e. The second kappa shape index (κ2) is 9.69. The van der Waals surface area contributed by atoms with Crippen molar-refractivity contribution in [2.24, 2.45) is 11.7 Å². The minimum absolute atomic E-state index is 0.139. The van der Waals surface area contributed by atoms with Gasteiger partial charge in [0.15, 0.2) is 6.61 Å². The highest BCUT2D eigenvalue weighted by Crippen LogP contribution is 2.34. The molecule has 1 unspecified atom stereocenters. The summed E-state index contributed by atoms with van der Waals surface area (Å²) in [5.74, 6) is -4.46. The van der Waals surface area contributed by atoms with Crippen LogP contribution in [0.5, 0.6) is 5.88 Å². The molecule has 1 heterocycles. The molecule has 9 heteroatoms.